The lowest BCUT2D eigenvalue weighted by Crippen LogP contribution is -2.42. The van der Waals surface area contributed by atoms with Gasteiger partial charge in [-0.3, -0.25) is 4.79 Å². The smallest absolute Gasteiger partial charge is 0.229 e. The zero-order chi connectivity index (χ0) is 16.0. The molecule has 2 aliphatic rings. The molecule has 0 radical (unpaired) electrons. The molecule has 6 heteroatoms. The molecular formula is C19H27Cl2N3O. The Morgan fingerprint density at radius 1 is 1.24 bits per heavy atom. The second-order valence-electron chi connectivity index (χ2n) is 7.21. The average molecular weight is 384 g/mol. The van der Waals surface area contributed by atoms with E-state index in [1.54, 1.807) is 0 Å². The van der Waals surface area contributed by atoms with Crippen LogP contribution in [-0.4, -0.2) is 16.5 Å². The highest BCUT2D eigenvalue weighted by molar-refractivity contribution is 5.96. The van der Waals surface area contributed by atoms with E-state index in [4.69, 9.17) is 5.73 Å². The summed E-state index contributed by atoms with van der Waals surface area (Å²) in [5.74, 6) is 1.15. The molecule has 3 N–H and O–H groups in total. The van der Waals surface area contributed by atoms with E-state index in [0.717, 1.165) is 31.5 Å². The van der Waals surface area contributed by atoms with Crippen LogP contribution in [0.15, 0.2) is 30.5 Å². The summed E-state index contributed by atoms with van der Waals surface area (Å²) in [5.41, 5.74) is 8.39. The maximum atomic E-state index is 12.7. The standard InChI is InChI=1S/C19H25N3O.2ClH/c1-2-8-22-9-7-12-11-15(5-6-16(12)22)21-19(23)17-13-3-4-14(10-13)18(17)20;;/h5-7,9,11,13-14,17-18H,2-4,8,10,20H2,1H3,(H,21,23);2*1H. The molecule has 2 saturated carbocycles. The minimum Gasteiger partial charge on any atom is -0.347 e. The fourth-order valence-electron chi connectivity index (χ4n) is 4.66. The highest BCUT2D eigenvalue weighted by Gasteiger charge is 2.49. The number of aromatic nitrogens is 1. The van der Waals surface area contributed by atoms with Crippen LogP contribution in [-0.2, 0) is 11.3 Å². The minimum atomic E-state index is -0.00543. The monoisotopic (exact) mass is 383 g/mol. The topological polar surface area (TPSA) is 60.0 Å². The highest BCUT2D eigenvalue weighted by Crippen LogP contribution is 2.47. The number of nitrogens with one attached hydrogen (secondary N) is 1. The average Bonchev–Trinajstić information content (AvgIpc) is 3.22. The number of hydrogen-bond donors (Lipinski definition) is 2. The van der Waals surface area contributed by atoms with Crippen LogP contribution in [0.25, 0.3) is 10.9 Å². The summed E-state index contributed by atoms with van der Waals surface area (Å²) in [7, 11) is 0. The summed E-state index contributed by atoms with van der Waals surface area (Å²) in [6.45, 7) is 3.20. The number of fused-ring (bicyclic) bond motifs is 3. The van der Waals surface area contributed by atoms with Crippen molar-refractivity contribution in [3.8, 4) is 0 Å². The predicted molar refractivity (Wildman–Crippen MR) is 108 cm³/mol. The maximum absolute atomic E-state index is 12.7. The van der Waals surface area contributed by atoms with Crippen molar-refractivity contribution < 1.29 is 4.79 Å². The Balaban J connectivity index is 0.00000113. The summed E-state index contributed by atoms with van der Waals surface area (Å²) in [6.07, 6.45) is 6.73. The minimum absolute atomic E-state index is 0. The van der Waals surface area contributed by atoms with Crippen LogP contribution in [0.5, 0.6) is 0 Å². The van der Waals surface area contributed by atoms with E-state index in [1.165, 1.54) is 17.3 Å². The van der Waals surface area contributed by atoms with Gasteiger partial charge < -0.3 is 15.6 Å². The van der Waals surface area contributed by atoms with Crippen molar-refractivity contribution in [2.75, 3.05) is 5.32 Å². The third-order valence-electron chi connectivity index (χ3n) is 5.79. The molecule has 2 aliphatic carbocycles. The first-order valence-electron chi connectivity index (χ1n) is 8.82. The SMILES string of the molecule is CCCn1ccc2cc(NC(=O)C3C4CCC(C4)C3N)ccc21.Cl.Cl. The second-order valence-corrected chi connectivity index (χ2v) is 7.21. The normalized spacial score (nSPS) is 27.0. The van der Waals surface area contributed by atoms with Crippen molar-refractivity contribution in [2.45, 2.75) is 45.2 Å². The molecule has 25 heavy (non-hydrogen) atoms. The number of benzene rings is 1. The summed E-state index contributed by atoms with van der Waals surface area (Å²) in [4.78, 5) is 12.7. The molecular weight excluding hydrogens is 357 g/mol. The first kappa shape index (κ1) is 20.1. The lowest BCUT2D eigenvalue weighted by atomic mass is 9.84. The molecule has 2 aromatic rings. The van der Waals surface area contributed by atoms with Crippen molar-refractivity contribution in [3.63, 3.8) is 0 Å². The predicted octanol–water partition coefficient (Wildman–Crippen LogP) is 4.21. The van der Waals surface area contributed by atoms with E-state index in [9.17, 15) is 4.79 Å². The number of amides is 1. The van der Waals surface area contributed by atoms with Gasteiger partial charge in [0.05, 0.1) is 5.92 Å². The van der Waals surface area contributed by atoms with Crippen molar-refractivity contribution in [1.82, 2.24) is 4.57 Å². The number of aryl methyl sites for hydroxylation is 1. The highest BCUT2D eigenvalue weighted by atomic mass is 35.5. The van der Waals surface area contributed by atoms with Crippen LogP contribution in [0.3, 0.4) is 0 Å². The molecule has 0 aliphatic heterocycles. The quantitative estimate of drug-likeness (QED) is 0.830. The molecule has 1 aromatic heterocycles. The van der Waals surface area contributed by atoms with Crippen LogP contribution >= 0.6 is 24.8 Å². The fraction of sp³-hybridized carbons (Fsp3) is 0.526. The lowest BCUT2D eigenvalue weighted by Gasteiger charge is -2.27. The van der Waals surface area contributed by atoms with Crippen molar-refractivity contribution in [1.29, 1.82) is 0 Å². The zero-order valence-electron chi connectivity index (χ0n) is 14.5. The number of nitrogens with zero attached hydrogens (tertiary/aromatic N) is 1. The molecule has 0 saturated heterocycles. The largest absolute Gasteiger partial charge is 0.347 e. The molecule has 1 heterocycles. The van der Waals surface area contributed by atoms with Gasteiger partial charge in [0.1, 0.15) is 0 Å². The molecule has 138 valence electrons. The summed E-state index contributed by atoms with van der Waals surface area (Å²) in [6, 6.07) is 8.33. The summed E-state index contributed by atoms with van der Waals surface area (Å²) >= 11 is 0. The fourth-order valence-corrected chi connectivity index (χ4v) is 4.66. The number of nitrogens with two attached hydrogens (primary N) is 1. The van der Waals surface area contributed by atoms with Gasteiger partial charge >= 0.3 is 0 Å². The number of anilines is 1. The Morgan fingerprint density at radius 3 is 2.68 bits per heavy atom. The third kappa shape index (κ3) is 3.53. The van der Waals surface area contributed by atoms with E-state index in [2.05, 4.69) is 41.2 Å². The number of hydrogen-bond acceptors (Lipinski definition) is 2. The molecule has 4 atom stereocenters. The number of halogens is 2. The Bertz CT molecular complexity index is 743. The van der Waals surface area contributed by atoms with Crippen LogP contribution in [0.1, 0.15) is 32.6 Å². The van der Waals surface area contributed by atoms with Gasteiger partial charge in [0.15, 0.2) is 0 Å². The maximum Gasteiger partial charge on any atom is 0.229 e. The first-order valence-corrected chi connectivity index (χ1v) is 8.82. The van der Waals surface area contributed by atoms with Gasteiger partial charge in [-0.05, 0) is 61.8 Å². The Hall–Kier alpha value is -1.23. The first-order chi connectivity index (χ1) is 11.2. The van der Waals surface area contributed by atoms with Crippen molar-refractivity contribution >= 4 is 47.3 Å². The van der Waals surface area contributed by atoms with E-state index in [-0.39, 0.29) is 42.7 Å². The Labute approximate surface area is 161 Å². The third-order valence-corrected chi connectivity index (χ3v) is 5.79. The van der Waals surface area contributed by atoms with Gasteiger partial charge in [-0.25, -0.2) is 0 Å². The molecule has 2 fully saturated rings. The lowest BCUT2D eigenvalue weighted by molar-refractivity contribution is -0.121. The summed E-state index contributed by atoms with van der Waals surface area (Å²) in [5, 5.41) is 4.28. The van der Waals surface area contributed by atoms with Crippen LogP contribution in [0, 0.1) is 17.8 Å². The molecule has 4 nitrogen and oxygen atoms in total. The Kier molecular flexibility index (Phi) is 6.41. The van der Waals surface area contributed by atoms with Gasteiger partial charge in [0, 0.05) is 35.4 Å². The summed E-state index contributed by atoms with van der Waals surface area (Å²) < 4.78 is 2.26. The van der Waals surface area contributed by atoms with Gasteiger partial charge in [0.2, 0.25) is 5.91 Å². The van der Waals surface area contributed by atoms with E-state index in [1.807, 2.05) is 6.07 Å². The Morgan fingerprint density at radius 2 is 2.00 bits per heavy atom. The number of rotatable bonds is 4. The zero-order valence-corrected chi connectivity index (χ0v) is 16.1. The van der Waals surface area contributed by atoms with E-state index >= 15 is 0 Å². The van der Waals surface area contributed by atoms with Gasteiger partial charge in [-0.1, -0.05) is 6.92 Å². The van der Waals surface area contributed by atoms with Gasteiger partial charge in [0.25, 0.3) is 0 Å². The molecule has 2 bridgehead atoms. The molecule has 0 spiro atoms. The van der Waals surface area contributed by atoms with Crippen molar-refractivity contribution in [2.24, 2.45) is 23.5 Å². The number of carbonyl (C=O) groups is 1. The van der Waals surface area contributed by atoms with E-state index in [0.29, 0.717) is 11.8 Å². The van der Waals surface area contributed by atoms with Crippen LogP contribution in [0.2, 0.25) is 0 Å². The second kappa shape index (κ2) is 7.98. The molecule has 4 unspecified atom stereocenters. The number of carbonyl (C=O) groups excluding carboxylic acids is 1. The molecule has 4 rings (SSSR count). The molecule has 1 amide bonds. The van der Waals surface area contributed by atoms with Crippen LogP contribution < -0.4 is 11.1 Å². The van der Waals surface area contributed by atoms with E-state index < -0.39 is 0 Å². The van der Waals surface area contributed by atoms with Gasteiger partial charge in [-0.2, -0.15) is 0 Å². The van der Waals surface area contributed by atoms with Crippen LogP contribution in [0.4, 0.5) is 5.69 Å². The van der Waals surface area contributed by atoms with Crippen molar-refractivity contribution in [3.05, 3.63) is 30.5 Å². The van der Waals surface area contributed by atoms with Gasteiger partial charge in [-0.15, -0.1) is 24.8 Å². The molecule has 1 aromatic carbocycles.